The van der Waals surface area contributed by atoms with Crippen molar-refractivity contribution in [2.75, 3.05) is 0 Å². The fourth-order valence-electron chi connectivity index (χ4n) is 1.66. The van der Waals surface area contributed by atoms with E-state index in [1.807, 2.05) is 12.1 Å². The third-order valence-corrected chi connectivity index (χ3v) is 2.60. The van der Waals surface area contributed by atoms with E-state index in [0.29, 0.717) is 5.92 Å². The average Bonchev–Trinajstić information content (AvgIpc) is 2.30. The first kappa shape index (κ1) is 16.7. The zero-order valence-electron chi connectivity index (χ0n) is 10.3. The molecular weight excluding hydrogens is 284 g/mol. The number of halogens is 1. The molecule has 0 N–H and O–H groups in total. The number of benzene rings is 2. The smallest absolute Gasteiger partial charge is 1.00 e. The molecule has 2 aromatic carbocycles. The minimum atomic E-state index is 0. The van der Waals surface area contributed by atoms with Crippen LogP contribution in [0.4, 0.5) is 0 Å². The van der Waals surface area contributed by atoms with Crippen molar-refractivity contribution in [3.8, 4) is 11.1 Å². The Morgan fingerprint density at radius 2 is 1.59 bits per heavy atom. The number of hydrogen-bond donors (Lipinski definition) is 0. The fraction of sp³-hybridized carbons (Fsp3) is 0.200. The Morgan fingerprint density at radius 3 is 2.18 bits per heavy atom. The molecule has 0 heterocycles. The van der Waals surface area contributed by atoms with E-state index in [2.05, 4.69) is 56.3 Å². The molecule has 17 heavy (non-hydrogen) atoms. The Labute approximate surface area is 130 Å². The van der Waals surface area contributed by atoms with Crippen LogP contribution in [0, 0.1) is 6.07 Å². The predicted octanol–water partition coefficient (Wildman–Crippen LogP) is 0.900. The Bertz CT molecular complexity index is 438. The van der Waals surface area contributed by atoms with Crippen molar-refractivity contribution in [3.05, 3.63) is 60.2 Å². The van der Waals surface area contributed by atoms with Crippen LogP contribution in [0.25, 0.3) is 11.1 Å². The number of hydrogen-bond acceptors (Lipinski definition) is 0. The van der Waals surface area contributed by atoms with Crippen molar-refractivity contribution in [2.45, 2.75) is 19.8 Å². The Morgan fingerprint density at radius 1 is 0.941 bits per heavy atom. The number of rotatable bonds is 2. The predicted molar refractivity (Wildman–Crippen MR) is 70.6 cm³/mol. The molecule has 0 radical (unpaired) electrons. The van der Waals surface area contributed by atoms with Crippen LogP contribution in [0.2, 0.25) is 0 Å². The summed E-state index contributed by atoms with van der Waals surface area (Å²) >= 11 is 0. The van der Waals surface area contributed by atoms with Gasteiger partial charge in [-0.1, -0.05) is 38.1 Å². The van der Waals surface area contributed by atoms with Crippen molar-refractivity contribution in [1.82, 2.24) is 0 Å². The van der Waals surface area contributed by atoms with Crippen LogP contribution in [0.1, 0.15) is 25.3 Å². The first-order valence-electron chi connectivity index (χ1n) is 5.34. The monoisotopic (exact) mass is 298 g/mol. The maximum atomic E-state index is 3.04. The van der Waals surface area contributed by atoms with Gasteiger partial charge in [0.15, 0.2) is 0 Å². The van der Waals surface area contributed by atoms with Gasteiger partial charge >= 0.3 is 23.1 Å². The van der Waals surface area contributed by atoms with Gasteiger partial charge in [0.25, 0.3) is 0 Å². The molecule has 0 aliphatic heterocycles. The topological polar surface area (TPSA) is 0 Å². The summed E-state index contributed by atoms with van der Waals surface area (Å²) in [6, 6.07) is 19.9. The molecule has 0 atom stereocenters. The summed E-state index contributed by atoms with van der Waals surface area (Å²) in [6.45, 7) is 4.44. The van der Waals surface area contributed by atoms with Crippen LogP contribution in [-0.4, -0.2) is 23.1 Å². The van der Waals surface area contributed by atoms with Gasteiger partial charge in [0.2, 0.25) is 0 Å². The minimum absolute atomic E-state index is 0. The van der Waals surface area contributed by atoms with Gasteiger partial charge in [-0.3, -0.25) is 0 Å². The van der Waals surface area contributed by atoms with E-state index in [9.17, 15) is 0 Å². The summed E-state index contributed by atoms with van der Waals surface area (Å²) in [5, 5.41) is 0. The third kappa shape index (κ3) is 4.45. The zero-order valence-corrected chi connectivity index (χ0v) is 13.3. The Kier molecular flexibility index (Phi) is 7.76. The van der Waals surface area contributed by atoms with Gasteiger partial charge in [-0.05, 0) is 17.0 Å². The maximum absolute atomic E-state index is 3.04. The molecule has 0 fully saturated rings. The van der Waals surface area contributed by atoms with Crippen molar-refractivity contribution in [3.63, 3.8) is 0 Å². The van der Waals surface area contributed by atoms with Gasteiger partial charge in [0, 0.05) is 0 Å². The largest absolute Gasteiger partial charge is 2.00 e. The van der Waals surface area contributed by atoms with Gasteiger partial charge in [-0.15, -0.1) is 5.56 Å². The first-order valence-corrected chi connectivity index (χ1v) is 5.34. The quantitative estimate of drug-likeness (QED) is 0.571. The van der Waals surface area contributed by atoms with Crippen LogP contribution in [0.5, 0.6) is 0 Å². The van der Waals surface area contributed by atoms with Crippen molar-refractivity contribution >= 4 is 23.1 Å². The van der Waals surface area contributed by atoms with Crippen LogP contribution < -0.4 is 17.0 Å². The van der Waals surface area contributed by atoms with E-state index >= 15 is 0 Å². The van der Waals surface area contributed by atoms with E-state index in [4.69, 9.17) is 0 Å². The van der Waals surface area contributed by atoms with Gasteiger partial charge in [-0.2, -0.15) is 30.3 Å². The van der Waals surface area contributed by atoms with Gasteiger partial charge < -0.3 is 17.0 Å². The summed E-state index contributed by atoms with van der Waals surface area (Å²) in [7, 11) is 0. The van der Waals surface area contributed by atoms with Gasteiger partial charge in [0.1, 0.15) is 0 Å². The SMILES string of the molecule is CC(C)c1cccc(-c2cc[c-]cc2)c1.[Br-].[Mg+2]. The fourth-order valence-corrected chi connectivity index (χ4v) is 1.66. The summed E-state index contributed by atoms with van der Waals surface area (Å²) in [4.78, 5) is 0. The second-order valence-corrected chi connectivity index (χ2v) is 4.07. The van der Waals surface area contributed by atoms with Gasteiger partial charge in [0.05, 0.1) is 0 Å². The van der Waals surface area contributed by atoms with Crippen LogP contribution in [0.3, 0.4) is 0 Å². The second-order valence-electron chi connectivity index (χ2n) is 4.07. The molecule has 2 rings (SSSR count). The molecule has 84 valence electrons. The van der Waals surface area contributed by atoms with Crippen molar-refractivity contribution < 1.29 is 17.0 Å². The average molecular weight is 299 g/mol. The van der Waals surface area contributed by atoms with E-state index < -0.39 is 0 Å². The first-order chi connectivity index (χ1) is 7.27. The zero-order chi connectivity index (χ0) is 10.7. The summed E-state index contributed by atoms with van der Waals surface area (Å²) in [6.07, 6.45) is 0. The molecule has 0 aromatic heterocycles. The van der Waals surface area contributed by atoms with Crippen LogP contribution >= 0.6 is 0 Å². The van der Waals surface area contributed by atoms with Crippen molar-refractivity contribution in [1.29, 1.82) is 0 Å². The Hall–Kier alpha value is -0.314. The van der Waals surface area contributed by atoms with E-state index in [-0.39, 0.29) is 40.0 Å². The standard InChI is InChI=1S/C15H15.BrH.Mg/c1-12(2)14-9-6-10-15(11-14)13-7-4-3-5-8-13;;/h4-12H,1-2H3;1H;/q-1;;+2/p-1. The molecule has 0 aliphatic rings. The maximum Gasteiger partial charge on any atom is 2.00 e. The Balaban J connectivity index is 0.00000128. The van der Waals surface area contributed by atoms with Crippen LogP contribution in [-0.2, 0) is 0 Å². The summed E-state index contributed by atoms with van der Waals surface area (Å²) in [5.41, 5.74) is 3.94. The normalized spacial score (nSPS) is 9.35. The molecule has 0 aliphatic carbocycles. The molecule has 0 amide bonds. The third-order valence-electron chi connectivity index (χ3n) is 2.60. The van der Waals surface area contributed by atoms with Crippen molar-refractivity contribution in [2.24, 2.45) is 0 Å². The minimum Gasteiger partial charge on any atom is -1.00 e. The summed E-state index contributed by atoms with van der Waals surface area (Å²) < 4.78 is 0. The van der Waals surface area contributed by atoms with E-state index in [1.54, 1.807) is 0 Å². The molecule has 0 nitrogen and oxygen atoms in total. The van der Waals surface area contributed by atoms with E-state index in [0.717, 1.165) is 0 Å². The molecule has 0 saturated carbocycles. The molecule has 0 unspecified atom stereocenters. The molecule has 2 aromatic rings. The molecular formula is C15H15BrMg. The summed E-state index contributed by atoms with van der Waals surface area (Å²) in [5.74, 6) is 0.584. The molecule has 0 bridgehead atoms. The van der Waals surface area contributed by atoms with E-state index in [1.165, 1.54) is 16.7 Å². The second kappa shape index (κ2) is 7.91. The molecule has 0 spiro atoms. The van der Waals surface area contributed by atoms with Crippen LogP contribution in [0.15, 0.2) is 48.5 Å². The van der Waals surface area contributed by atoms with Gasteiger partial charge in [-0.25, -0.2) is 0 Å². The molecule has 0 saturated heterocycles. The molecule has 2 heteroatoms.